The van der Waals surface area contributed by atoms with Gasteiger partial charge in [-0.3, -0.25) is 9.89 Å². The van der Waals surface area contributed by atoms with Crippen LogP contribution < -0.4 is 5.32 Å². The highest BCUT2D eigenvalue weighted by molar-refractivity contribution is 6.30. The highest BCUT2D eigenvalue weighted by Crippen LogP contribution is 2.23. The molecule has 4 rings (SSSR count). The number of aromatic nitrogens is 5. The molecule has 0 fully saturated rings. The Balaban J connectivity index is 1.45. The van der Waals surface area contributed by atoms with E-state index >= 15 is 0 Å². The Hall–Kier alpha value is -3.52. The molecule has 0 radical (unpaired) electrons. The van der Waals surface area contributed by atoms with Gasteiger partial charge < -0.3 is 9.84 Å². The summed E-state index contributed by atoms with van der Waals surface area (Å²) in [7, 11) is 0. The summed E-state index contributed by atoms with van der Waals surface area (Å²) in [4.78, 5) is 21.5. The van der Waals surface area contributed by atoms with Gasteiger partial charge in [0.05, 0.1) is 0 Å². The number of nitrogens with zero attached hydrogens (tertiary/aromatic N) is 4. The maximum absolute atomic E-state index is 12.7. The molecule has 0 saturated heterocycles. The van der Waals surface area contributed by atoms with Crippen LogP contribution in [0.3, 0.4) is 0 Å². The van der Waals surface area contributed by atoms with Gasteiger partial charge in [-0.1, -0.05) is 42.7 Å². The smallest absolute Gasteiger partial charge is 0.251 e. The Labute approximate surface area is 184 Å². The van der Waals surface area contributed by atoms with Gasteiger partial charge in [0.2, 0.25) is 11.7 Å². The van der Waals surface area contributed by atoms with Crippen molar-refractivity contribution in [2.24, 2.45) is 0 Å². The summed E-state index contributed by atoms with van der Waals surface area (Å²) < 4.78 is 5.02. The van der Waals surface area contributed by atoms with Crippen molar-refractivity contribution < 1.29 is 9.32 Å². The molecule has 8 nitrogen and oxygen atoms in total. The zero-order chi connectivity index (χ0) is 22.0. The van der Waals surface area contributed by atoms with Crippen molar-refractivity contribution in [3.05, 3.63) is 70.8 Å². The number of carbonyl (C=O) groups is 1. The molecule has 31 heavy (non-hydrogen) atoms. The zero-order valence-electron chi connectivity index (χ0n) is 17.3. The molecule has 0 atom stereocenters. The van der Waals surface area contributed by atoms with E-state index in [1.165, 1.54) is 0 Å². The summed E-state index contributed by atoms with van der Waals surface area (Å²) in [5.74, 6) is 1.97. The van der Waals surface area contributed by atoms with Crippen molar-refractivity contribution >= 4 is 17.5 Å². The van der Waals surface area contributed by atoms with E-state index in [1.807, 2.05) is 32.0 Å². The lowest BCUT2D eigenvalue weighted by atomic mass is 9.92. The van der Waals surface area contributed by atoms with Crippen LogP contribution in [0.2, 0.25) is 5.02 Å². The van der Waals surface area contributed by atoms with E-state index in [0.29, 0.717) is 46.1 Å². The second-order valence-corrected chi connectivity index (χ2v) is 8.24. The summed E-state index contributed by atoms with van der Waals surface area (Å²) >= 11 is 5.94. The maximum Gasteiger partial charge on any atom is 0.251 e. The molecule has 158 valence electrons. The Kier molecular flexibility index (Phi) is 5.56. The first-order chi connectivity index (χ1) is 14.8. The second kappa shape index (κ2) is 8.31. The van der Waals surface area contributed by atoms with E-state index in [4.69, 9.17) is 16.1 Å². The third kappa shape index (κ3) is 4.64. The monoisotopic (exact) mass is 436 g/mol. The largest absolute Gasteiger partial charge is 0.351 e. The second-order valence-electron chi connectivity index (χ2n) is 7.80. The summed E-state index contributed by atoms with van der Waals surface area (Å²) in [6.07, 6.45) is 0. The van der Waals surface area contributed by atoms with Crippen molar-refractivity contribution in [1.29, 1.82) is 0 Å². The van der Waals surface area contributed by atoms with Gasteiger partial charge in [0.25, 0.3) is 5.91 Å². The molecule has 2 aromatic heterocycles. The highest BCUT2D eigenvalue weighted by atomic mass is 35.5. The Morgan fingerprint density at radius 1 is 1.10 bits per heavy atom. The molecule has 0 aliphatic rings. The highest BCUT2D eigenvalue weighted by Gasteiger charge is 2.26. The van der Waals surface area contributed by atoms with Gasteiger partial charge in [-0.25, -0.2) is 4.98 Å². The van der Waals surface area contributed by atoms with Crippen molar-refractivity contribution in [2.45, 2.75) is 26.2 Å². The molecule has 0 aliphatic carbocycles. The number of aryl methyl sites for hydroxylation is 1. The van der Waals surface area contributed by atoms with Gasteiger partial charge in [-0.05, 0) is 36.4 Å². The van der Waals surface area contributed by atoms with Crippen molar-refractivity contribution in [3.63, 3.8) is 0 Å². The minimum atomic E-state index is -0.463. The molecule has 0 bridgehead atoms. The molecule has 0 unspecified atom stereocenters. The molecule has 2 aromatic carbocycles. The third-order valence-corrected chi connectivity index (χ3v) is 5.08. The van der Waals surface area contributed by atoms with E-state index < -0.39 is 5.41 Å². The number of nitrogens with one attached hydrogen (secondary N) is 2. The van der Waals surface area contributed by atoms with Crippen LogP contribution in [-0.2, 0) is 5.41 Å². The SMILES string of the molecule is Cc1nc(-c2cccc(C(=O)NCC(C)(C)c3nc(-c4ccc(Cl)cc4)n[nH]3)c2)no1. The average molecular weight is 437 g/mol. The van der Waals surface area contributed by atoms with E-state index in [2.05, 4.69) is 30.6 Å². The maximum atomic E-state index is 12.7. The third-order valence-electron chi connectivity index (χ3n) is 4.83. The summed E-state index contributed by atoms with van der Waals surface area (Å²) in [5, 5.41) is 14.8. The van der Waals surface area contributed by atoms with Crippen molar-refractivity contribution in [1.82, 2.24) is 30.6 Å². The zero-order valence-corrected chi connectivity index (χ0v) is 18.1. The standard InChI is InChI=1S/C22H21ClN6O2/c1-13-25-19(29-31-13)15-5-4-6-16(11-15)20(30)24-12-22(2,3)21-26-18(27-28-21)14-7-9-17(23)10-8-14/h4-11H,12H2,1-3H3,(H,24,30)(H,26,27,28). The molecular weight excluding hydrogens is 416 g/mol. The molecule has 2 N–H and O–H groups in total. The quantitative estimate of drug-likeness (QED) is 0.469. The fraction of sp³-hybridized carbons (Fsp3) is 0.227. The fourth-order valence-electron chi connectivity index (χ4n) is 3.00. The van der Waals surface area contributed by atoms with Crippen LogP contribution in [0.4, 0.5) is 0 Å². The van der Waals surface area contributed by atoms with Gasteiger partial charge in [-0.2, -0.15) is 10.1 Å². The van der Waals surface area contributed by atoms with E-state index in [0.717, 1.165) is 5.56 Å². The van der Waals surface area contributed by atoms with Crippen LogP contribution in [0.15, 0.2) is 53.1 Å². The summed E-state index contributed by atoms with van der Waals surface area (Å²) in [6, 6.07) is 14.4. The van der Waals surface area contributed by atoms with Crippen LogP contribution >= 0.6 is 11.6 Å². The molecule has 4 aromatic rings. The van der Waals surface area contributed by atoms with Crippen LogP contribution in [0, 0.1) is 6.92 Å². The van der Waals surface area contributed by atoms with Crippen LogP contribution in [0.1, 0.15) is 35.9 Å². The number of rotatable bonds is 6. The first kappa shape index (κ1) is 20.7. The van der Waals surface area contributed by atoms with Crippen molar-refractivity contribution in [2.75, 3.05) is 6.54 Å². The van der Waals surface area contributed by atoms with Crippen LogP contribution in [-0.4, -0.2) is 37.8 Å². The van der Waals surface area contributed by atoms with Gasteiger partial charge >= 0.3 is 0 Å². The number of amides is 1. The van der Waals surface area contributed by atoms with Gasteiger partial charge in [-0.15, -0.1) is 0 Å². The normalized spacial score (nSPS) is 11.5. The minimum Gasteiger partial charge on any atom is -0.351 e. The predicted molar refractivity (Wildman–Crippen MR) is 117 cm³/mol. The molecular formula is C22H21ClN6O2. The number of hydrogen-bond acceptors (Lipinski definition) is 6. The molecule has 9 heteroatoms. The Morgan fingerprint density at radius 3 is 2.58 bits per heavy atom. The van der Waals surface area contributed by atoms with Crippen molar-refractivity contribution in [3.8, 4) is 22.8 Å². The van der Waals surface area contributed by atoms with E-state index in [1.54, 1.807) is 37.3 Å². The number of benzene rings is 2. The van der Waals surface area contributed by atoms with Gasteiger partial charge in [0.15, 0.2) is 5.82 Å². The molecule has 0 spiro atoms. The lowest BCUT2D eigenvalue weighted by Crippen LogP contribution is -2.37. The topological polar surface area (TPSA) is 110 Å². The number of aromatic amines is 1. The predicted octanol–water partition coefficient (Wildman–Crippen LogP) is 4.19. The molecule has 2 heterocycles. The molecule has 0 saturated carbocycles. The summed E-state index contributed by atoms with van der Waals surface area (Å²) in [5.41, 5.74) is 1.62. The number of carbonyl (C=O) groups excluding carboxylic acids is 1. The van der Waals surface area contributed by atoms with E-state index in [9.17, 15) is 4.79 Å². The average Bonchev–Trinajstić information content (AvgIpc) is 3.43. The van der Waals surface area contributed by atoms with E-state index in [-0.39, 0.29) is 5.91 Å². The van der Waals surface area contributed by atoms with Crippen LogP contribution in [0.25, 0.3) is 22.8 Å². The van der Waals surface area contributed by atoms with Crippen LogP contribution in [0.5, 0.6) is 0 Å². The lowest BCUT2D eigenvalue weighted by Gasteiger charge is -2.22. The van der Waals surface area contributed by atoms with Gasteiger partial charge in [0, 0.05) is 40.6 Å². The lowest BCUT2D eigenvalue weighted by molar-refractivity contribution is 0.0945. The summed E-state index contributed by atoms with van der Waals surface area (Å²) in [6.45, 7) is 6.06. The Morgan fingerprint density at radius 2 is 1.87 bits per heavy atom. The minimum absolute atomic E-state index is 0.201. The number of hydrogen-bond donors (Lipinski definition) is 2. The van der Waals surface area contributed by atoms with Gasteiger partial charge in [0.1, 0.15) is 5.82 Å². The Bertz CT molecular complexity index is 1210. The molecule has 1 amide bonds. The fourth-order valence-corrected chi connectivity index (χ4v) is 3.12. The first-order valence-electron chi connectivity index (χ1n) is 9.69. The number of halogens is 1. The first-order valence-corrected chi connectivity index (χ1v) is 10.1. The number of H-pyrrole nitrogens is 1. The molecule has 0 aliphatic heterocycles.